The smallest absolute Gasteiger partial charge is 0.322 e. The Morgan fingerprint density at radius 3 is 2.63 bits per heavy atom. The maximum atomic E-state index is 12.9. The Morgan fingerprint density at radius 2 is 1.93 bits per heavy atom. The number of carbonyl (C=O) groups is 1. The molecule has 3 rings (SSSR count). The summed E-state index contributed by atoms with van der Waals surface area (Å²) in [4.78, 5) is 11.5. The number of nitrogens with zero attached hydrogens (tertiary/aromatic N) is 2. The van der Waals surface area contributed by atoms with Crippen molar-refractivity contribution < 1.29 is 23.1 Å². The number of aliphatic carboxylic acids is 1. The predicted octanol–water partition coefficient (Wildman–Crippen LogP) is 2.46. The number of hydrogen-bond donors (Lipinski definition) is 1. The Bertz CT molecular complexity index is 944. The molecule has 27 heavy (non-hydrogen) atoms. The Labute approximate surface area is 159 Å². The molecular weight excluding hydrogens is 368 g/mol. The highest BCUT2D eigenvalue weighted by Gasteiger charge is 2.38. The first-order chi connectivity index (χ1) is 12.8. The second-order valence-electron chi connectivity index (χ2n) is 6.77. The fourth-order valence-electron chi connectivity index (χ4n) is 3.44. The van der Waals surface area contributed by atoms with Gasteiger partial charge in [-0.2, -0.15) is 17.0 Å². The molecule has 1 saturated heterocycles. The zero-order valence-corrected chi connectivity index (χ0v) is 16.3. The lowest BCUT2D eigenvalue weighted by Gasteiger charge is -2.34. The fourth-order valence-corrected chi connectivity index (χ4v) is 4.99. The molecule has 1 aliphatic rings. The molecule has 0 saturated carbocycles. The van der Waals surface area contributed by atoms with Crippen LogP contribution in [0.4, 0.5) is 0 Å². The van der Waals surface area contributed by atoms with Crippen LogP contribution in [0.2, 0.25) is 0 Å². The van der Waals surface area contributed by atoms with Crippen LogP contribution in [0.15, 0.2) is 36.4 Å². The average Bonchev–Trinajstić information content (AvgIpc) is 2.67. The van der Waals surface area contributed by atoms with Crippen LogP contribution >= 0.6 is 0 Å². The minimum atomic E-state index is -3.85. The van der Waals surface area contributed by atoms with E-state index in [-0.39, 0.29) is 13.1 Å². The summed E-state index contributed by atoms with van der Waals surface area (Å²) < 4.78 is 33.4. The van der Waals surface area contributed by atoms with Gasteiger partial charge in [0.1, 0.15) is 11.8 Å². The molecule has 1 fully saturated rings. The van der Waals surface area contributed by atoms with E-state index in [9.17, 15) is 18.3 Å². The molecule has 1 heterocycles. The molecule has 0 aromatic heterocycles. The van der Waals surface area contributed by atoms with E-state index in [0.717, 1.165) is 32.8 Å². The highest BCUT2D eigenvalue weighted by molar-refractivity contribution is 7.86. The fraction of sp³-hybridized carbons (Fsp3) is 0.421. The zero-order valence-electron chi connectivity index (χ0n) is 15.5. The number of carboxylic acid groups (broad SMARTS) is 1. The number of ether oxygens (including phenoxy) is 1. The maximum absolute atomic E-state index is 12.9. The van der Waals surface area contributed by atoms with E-state index in [1.165, 1.54) is 11.4 Å². The van der Waals surface area contributed by atoms with Crippen molar-refractivity contribution in [2.75, 3.05) is 20.7 Å². The van der Waals surface area contributed by atoms with E-state index >= 15 is 0 Å². The van der Waals surface area contributed by atoms with Crippen LogP contribution in [0.5, 0.6) is 5.75 Å². The van der Waals surface area contributed by atoms with Crippen molar-refractivity contribution in [2.45, 2.75) is 31.8 Å². The quantitative estimate of drug-likeness (QED) is 0.816. The first-order valence-electron chi connectivity index (χ1n) is 8.85. The predicted molar refractivity (Wildman–Crippen MR) is 103 cm³/mol. The summed E-state index contributed by atoms with van der Waals surface area (Å²) >= 11 is 0. The molecule has 2 aromatic carbocycles. The van der Waals surface area contributed by atoms with Crippen LogP contribution in [0, 0.1) is 0 Å². The van der Waals surface area contributed by atoms with Gasteiger partial charge in [0.15, 0.2) is 0 Å². The molecule has 2 aromatic rings. The zero-order chi connectivity index (χ0) is 19.6. The van der Waals surface area contributed by atoms with Gasteiger partial charge < -0.3 is 9.84 Å². The third-order valence-electron chi connectivity index (χ3n) is 4.95. The number of piperidine rings is 1. The molecule has 1 atom stereocenters. The normalized spacial score (nSPS) is 18.7. The van der Waals surface area contributed by atoms with Gasteiger partial charge in [0.2, 0.25) is 0 Å². The standard InChI is InChI=1S/C19H24N2O5S/c1-20(27(24,25)21-10-4-3-5-18(21)19(22)23)13-14-6-7-16-12-17(26-2)9-8-15(16)11-14/h6-9,11-12,18H,3-5,10,13H2,1-2H3,(H,22,23). The molecular formula is C19H24N2O5S. The van der Waals surface area contributed by atoms with E-state index in [1.54, 1.807) is 7.11 Å². The number of rotatable bonds is 6. The largest absolute Gasteiger partial charge is 0.497 e. The second-order valence-corrected chi connectivity index (χ2v) is 8.76. The Kier molecular flexibility index (Phi) is 5.69. The lowest BCUT2D eigenvalue weighted by atomic mass is 10.1. The van der Waals surface area contributed by atoms with Crippen molar-refractivity contribution in [1.82, 2.24) is 8.61 Å². The van der Waals surface area contributed by atoms with Crippen LogP contribution < -0.4 is 4.74 Å². The summed E-state index contributed by atoms with van der Waals surface area (Å²) in [5, 5.41) is 11.4. The van der Waals surface area contributed by atoms with Gasteiger partial charge in [0.25, 0.3) is 10.2 Å². The van der Waals surface area contributed by atoms with Gasteiger partial charge in [-0.15, -0.1) is 0 Å². The van der Waals surface area contributed by atoms with Crippen LogP contribution in [0.1, 0.15) is 24.8 Å². The minimum absolute atomic E-state index is 0.174. The molecule has 7 nitrogen and oxygen atoms in total. The van der Waals surface area contributed by atoms with Crippen molar-refractivity contribution in [2.24, 2.45) is 0 Å². The van der Waals surface area contributed by atoms with E-state index in [1.807, 2.05) is 36.4 Å². The number of methoxy groups -OCH3 is 1. The molecule has 8 heteroatoms. The molecule has 0 radical (unpaired) electrons. The number of carboxylic acids is 1. The van der Waals surface area contributed by atoms with Crippen molar-refractivity contribution in [3.05, 3.63) is 42.0 Å². The summed E-state index contributed by atoms with van der Waals surface area (Å²) in [6.07, 6.45) is 1.75. The van der Waals surface area contributed by atoms with Crippen LogP contribution in [0.25, 0.3) is 10.8 Å². The second kappa shape index (κ2) is 7.84. The van der Waals surface area contributed by atoms with E-state index in [4.69, 9.17) is 4.74 Å². The summed E-state index contributed by atoms with van der Waals surface area (Å²) in [5.74, 6) is -0.328. The SMILES string of the molecule is COc1ccc2cc(CN(C)S(=O)(=O)N3CCCCC3C(=O)O)ccc2c1. The Balaban J connectivity index is 1.81. The lowest BCUT2D eigenvalue weighted by molar-refractivity contribution is -0.142. The summed E-state index contributed by atoms with van der Waals surface area (Å²) in [6, 6.07) is 10.5. The third kappa shape index (κ3) is 4.07. The first kappa shape index (κ1) is 19.6. The van der Waals surface area contributed by atoms with Gasteiger partial charge in [-0.3, -0.25) is 4.79 Å². The Morgan fingerprint density at radius 1 is 1.22 bits per heavy atom. The molecule has 0 aliphatic carbocycles. The monoisotopic (exact) mass is 392 g/mol. The topological polar surface area (TPSA) is 87.2 Å². The summed E-state index contributed by atoms with van der Waals surface area (Å²) in [5.41, 5.74) is 0.836. The van der Waals surface area contributed by atoms with Gasteiger partial charge in [0, 0.05) is 20.1 Å². The van der Waals surface area contributed by atoms with Crippen LogP contribution in [0.3, 0.4) is 0 Å². The molecule has 1 N–H and O–H groups in total. The number of fused-ring (bicyclic) bond motifs is 1. The highest BCUT2D eigenvalue weighted by Crippen LogP contribution is 2.25. The van der Waals surface area contributed by atoms with Gasteiger partial charge >= 0.3 is 5.97 Å². The Hall–Kier alpha value is -2.16. The van der Waals surface area contributed by atoms with Crippen LogP contribution in [-0.4, -0.2) is 54.8 Å². The summed E-state index contributed by atoms with van der Waals surface area (Å²) in [7, 11) is -0.754. The number of hydrogen-bond acceptors (Lipinski definition) is 4. The minimum Gasteiger partial charge on any atom is -0.497 e. The van der Waals surface area contributed by atoms with E-state index in [2.05, 4.69) is 0 Å². The molecule has 0 spiro atoms. The molecule has 1 aliphatic heterocycles. The molecule has 0 amide bonds. The van der Waals surface area contributed by atoms with Gasteiger partial charge in [-0.1, -0.05) is 18.2 Å². The maximum Gasteiger partial charge on any atom is 0.322 e. The van der Waals surface area contributed by atoms with Crippen molar-refractivity contribution >= 4 is 27.0 Å². The molecule has 146 valence electrons. The third-order valence-corrected chi connectivity index (χ3v) is 6.89. The van der Waals surface area contributed by atoms with Gasteiger partial charge in [-0.25, -0.2) is 0 Å². The highest BCUT2D eigenvalue weighted by atomic mass is 32.2. The molecule has 1 unspecified atom stereocenters. The first-order valence-corrected chi connectivity index (χ1v) is 10.2. The van der Waals surface area contributed by atoms with E-state index < -0.39 is 22.2 Å². The van der Waals surface area contributed by atoms with E-state index in [0.29, 0.717) is 12.8 Å². The molecule has 0 bridgehead atoms. The lowest BCUT2D eigenvalue weighted by Crippen LogP contribution is -2.52. The van der Waals surface area contributed by atoms with Crippen molar-refractivity contribution in [3.8, 4) is 5.75 Å². The van der Waals surface area contributed by atoms with Gasteiger partial charge in [0.05, 0.1) is 7.11 Å². The summed E-state index contributed by atoms with van der Waals surface area (Å²) in [6.45, 7) is 0.411. The van der Waals surface area contributed by atoms with Crippen molar-refractivity contribution in [1.29, 1.82) is 0 Å². The van der Waals surface area contributed by atoms with Crippen LogP contribution in [-0.2, 0) is 21.5 Å². The number of benzene rings is 2. The van der Waals surface area contributed by atoms with Gasteiger partial charge in [-0.05, 0) is 53.8 Å². The average molecular weight is 392 g/mol. The van der Waals surface area contributed by atoms with Crippen molar-refractivity contribution in [3.63, 3.8) is 0 Å².